The number of carbonyl (C=O) groups excluding carboxylic acids is 1. The molecule has 0 radical (unpaired) electrons. The highest BCUT2D eigenvalue weighted by Crippen LogP contribution is 2.32. The fourth-order valence-electron chi connectivity index (χ4n) is 1.45. The normalized spacial score (nSPS) is 12.8. The molecule has 0 saturated carbocycles. The largest absolute Gasteiger partial charge is 0.303 e. The summed E-state index contributed by atoms with van der Waals surface area (Å²) in [4.78, 5) is 11.6. The molecular weight excluding hydrogens is 240 g/mol. The van der Waals surface area contributed by atoms with Gasteiger partial charge in [-0.25, -0.2) is 0 Å². The minimum absolute atomic E-state index is 0.244. The van der Waals surface area contributed by atoms with Crippen molar-refractivity contribution in [2.45, 2.75) is 43.3 Å². The van der Waals surface area contributed by atoms with Gasteiger partial charge < -0.3 is 4.79 Å². The second-order valence-electron chi connectivity index (χ2n) is 4.16. The van der Waals surface area contributed by atoms with Crippen LogP contribution in [0.1, 0.15) is 38.7 Å². The van der Waals surface area contributed by atoms with Gasteiger partial charge in [-0.15, -0.1) is 11.8 Å². The van der Waals surface area contributed by atoms with Gasteiger partial charge in [0, 0.05) is 16.6 Å². The SMILES string of the molecule is CC(C)Sc1ccc(C(C)CC=O)cc1Cl. The van der Waals surface area contributed by atoms with Crippen molar-refractivity contribution < 1.29 is 4.79 Å². The van der Waals surface area contributed by atoms with Crippen molar-refractivity contribution in [3.8, 4) is 0 Å². The Kier molecular flexibility index (Phi) is 5.36. The number of aldehydes is 1. The lowest BCUT2D eigenvalue weighted by atomic mass is 9.99. The lowest BCUT2D eigenvalue weighted by molar-refractivity contribution is -0.108. The highest BCUT2D eigenvalue weighted by molar-refractivity contribution is 8.00. The zero-order valence-corrected chi connectivity index (χ0v) is 11.4. The van der Waals surface area contributed by atoms with Crippen LogP contribution in [-0.2, 0) is 4.79 Å². The second kappa shape index (κ2) is 6.31. The average molecular weight is 257 g/mol. The van der Waals surface area contributed by atoms with Crippen LogP contribution in [0.3, 0.4) is 0 Å². The first-order valence-corrected chi connectivity index (χ1v) is 6.70. The molecule has 88 valence electrons. The van der Waals surface area contributed by atoms with E-state index in [-0.39, 0.29) is 5.92 Å². The third kappa shape index (κ3) is 3.84. The molecular formula is C13H17ClOS. The van der Waals surface area contributed by atoms with E-state index < -0.39 is 0 Å². The van der Waals surface area contributed by atoms with E-state index in [0.29, 0.717) is 11.7 Å². The molecule has 3 heteroatoms. The molecule has 1 atom stereocenters. The number of hydrogen-bond donors (Lipinski definition) is 0. The minimum Gasteiger partial charge on any atom is -0.303 e. The summed E-state index contributed by atoms with van der Waals surface area (Å²) in [6.07, 6.45) is 1.50. The van der Waals surface area contributed by atoms with Gasteiger partial charge in [0.05, 0.1) is 5.02 Å². The van der Waals surface area contributed by atoms with Crippen LogP contribution in [0.2, 0.25) is 5.02 Å². The molecule has 1 nitrogen and oxygen atoms in total. The average Bonchev–Trinajstić information content (AvgIpc) is 2.20. The quantitative estimate of drug-likeness (QED) is 0.569. The third-order valence-electron chi connectivity index (χ3n) is 2.34. The Morgan fingerprint density at radius 2 is 2.06 bits per heavy atom. The summed E-state index contributed by atoms with van der Waals surface area (Å²) in [5.74, 6) is 0.244. The number of thioether (sulfide) groups is 1. The summed E-state index contributed by atoms with van der Waals surface area (Å²) in [6, 6.07) is 6.08. The minimum atomic E-state index is 0.244. The van der Waals surface area contributed by atoms with Crippen molar-refractivity contribution >= 4 is 29.6 Å². The van der Waals surface area contributed by atoms with E-state index in [4.69, 9.17) is 11.6 Å². The van der Waals surface area contributed by atoms with E-state index in [1.165, 1.54) is 0 Å². The van der Waals surface area contributed by atoms with Crippen LogP contribution in [0.15, 0.2) is 23.1 Å². The van der Waals surface area contributed by atoms with Gasteiger partial charge in [0.1, 0.15) is 6.29 Å². The van der Waals surface area contributed by atoms with Crippen molar-refractivity contribution in [1.29, 1.82) is 0 Å². The lowest BCUT2D eigenvalue weighted by Crippen LogP contribution is -1.95. The molecule has 0 aliphatic carbocycles. The van der Waals surface area contributed by atoms with Crippen LogP contribution in [0.5, 0.6) is 0 Å². The van der Waals surface area contributed by atoms with Crippen LogP contribution in [0.25, 0.3) is 0 Å². The Balaban J connectivity index is 2.85. The number of hydrogen-bond acceptors (Lipinski definition) is 2. The van der Waals surface area contributed by atoms with Gasteiger partial charge in [-0.3, -0.25) is 0 Å². The summed E-state index contributed by atoms with van der Waals surface area (Å²) in [5.41, 5.74) is 1.13. The van der Waals surface area contributed by atoms with Gasteiger partial charge in [-0.1, -0.05) is 38.4 Å². The van der Waals surface area contributed by atoms with Crippen molar-refractivity contribution in [2.75, 3.05) is 0 Å². The van der Waals surface area contributed by atoms with E-state index >= 15 is 0 Å². The molecule has 0 bridgehead atoms. The van der Waals surface area contributed by atoms with Crippen molar-refractivity contribution in [3.63, 3.8) is 0 Å². The Labute approximate surface area is 107 Å². The molecule has 0 heterocycles. The Morgan fingerprint density at radius 3 is 2.56 bits per heavy atom. The maximum atomic E-state index is 10.4. The number of benzene rings is 1. The molecule has 0 saturated heterocycles. The van der Waals surface area contributed by atoms with E-state index in [0.717, 1.165) is 21.8 Å². The van der Waals surface area contributed by atoms with Crippen LogP contribution in [0.4, 0.5) is 0 Å². The zero-order chi connectivity index (χ0) is 12.1. The van der Waals surface area contributed by atoms with E-state index in [9.17, 15) is 4.79 Å². The highest BCUT2D eigenvalue weighted by Gasteiger charge is 2.09. The molecule has 0 aliphatic rings. The molecule has 1 aromatic rings. The summed E-state index contributed by atoms with van der Waals surface area (Å²) in [6.45, 7) is 6.32. The first-order valence-electron chi connectivity index (χ1n) is 5.44. The number of carbonyl (C=O) groups is 1. The van der Waals surface area contributed by atoms with Crippen molar-refractivity contribution in [1.82, 2.24) is 0 Å². The second-order valence-corrected chi connectivity index (χ2v) is 6.19. The summed E-state index contributed by atoms with van der Waals surface area (Å²) < 4.78 is 0. The maximum Gasteiger partial charge on any atom is 0.120 e. The van der Waals surface area contributed by atoms with Crippen molar-refractivity contribution in [3.05, 3.63) is 28.8 Å². The first kappa shape index (κ1) is 13.6. The van der Waals surface area contributed by atoms with Gasteiger partial charge in [0.15, 0.2) is 0 Å². The third-order valence-corrected chi connectivity index (χ3v) is 3.84. The highest BCUT2D eigenvalue weighted by atomic mass is 35.5. The Morgan fingerprint density at radius 1 is 1.38 bits per heavy atom. The predicted molar refractivity (Wildman–Crippen MR) is 71.5 cm³/mol. The van der Waals surface area contributed by atoms with Gasteiger partial charge in [-0.05, 0) is 23.6 Å². The number of rotatable bonds is 5. The standard InChI is InChI=1S/C13H17ClOS/c1-9(2)16-13-5-4-11(8-12(13)14)10(3)6-7-15/h4-5,7-10H,6H2,1-3H3. The lowest BCUT2D eigenvalue weighted by Gasteiger charge is -2.12. The fourth-order valence-corrected chi connectivity index (χ4v) is 2.60. The van der Waals surface area contributed by atoms with Crippen LogP contribution in [-0.4, -0.2) is 11.5 Å². The van der Waals surface area contributed by atoms with E-state index in [1.807, 2.05) is 19.1 Å². The van der Waals surface area contributed by atoms with Gasteiger partial charge in [0.25, 0.3) is 0 Å². The monoisotopic (exact) mass is 256 g/mol. The van der Waals surface area contributed by atoms with Gasteiger partial charge in [-0.2, -0.15) is 0 Å². The summed E-state index contributed by atoms with van der Waals surface area (Å²) >= 11 is 7.97. The molecule has 1 unspecified atom stereocenters. The smallest absolute Gasteiger partial charge is 0.120 e. The Bertz CT molecular complexity index is 363. The van der Waals surface area contributed by atoms with Gasteiger partial charge >= 0.3 is 0 Å². The number of halogens is 1. The van der Waals surface area contributed by atoms with E-state index in [2.05, 4.69) is 19.9 Å². The molecule has 1 rings (SSSR count). The predicted octanol–water partition coefficient (Wildman–Crippen LogP) is 4.53. The first-order chi connectivity index (χ1) is 7.54. The maximum absolute atomic E-state index is 10.4. The zero-order valence-electron chi connectivity index (χ0n) is 9.87. The topological polar surface area (TPSA) is 17.1 Å². The molecule has 0 aliphatic heterocycles. The molecule has 16 heavy (non-hydrogen) atoms. The summed E-state index contributed by atoms with van der Waals surface area (Å²) in [5, 5.41) is 1.31. The Hall–Kier alpha value is -0.470. The molecule has 0 fully saturated rings. The van der Waals surface area contributed by atoms with Crippen LogP contribution < -0.4 is 0 Å². The van der Waals surface area contributed by atoms with Crippen LogP contribution >= 0.6 is 23.4 Å². The molecule has 0 amide bonds. The fraction of sp³-hybridized carbons (Fsp3) is 0.462. The van der Waals surface area contributed by atoms with Crippen LogP contribution in [0, 0.1) is 0 Å². The van der Waals surface area contributed by atoms with Crippen molar-refractivity contribution in [2.24, 2.45) is 0 Å². The molecule has 0 N–H and O–H groups in total. The van der Waals surface area contributed by atoms with E-state index in [1.54, 1.807) is 11.8 Å². The molecule has 1 aromatic carbocycles. The molecule has 0 aromatic heterocycles. The summed E-state index contributed by atoms with van der Waals surface area (Å²) in [7, 11) is 0. The van der Waals surface area contributed by atoms with Gasteiger partial charge in [0.2, 0.25) is 0 Å². The molecule has 0 spiro atoms.